The van der Waals surface area contributed by atoms with Crippen molar-refractivity contribution >= 4 is 23.2 Å². The van der Waals surface area contributed by atoms with Crippen LogP contribution < -0.4 is 5.32 Å². The van der Waals surface area contributed by atoms with Crippen molar-refractivity contribution in [2.75, 3.05) is 5.32 Å². The summed E-state index contributed by atoms with van der Waals surface area (Å²) in [4.78, 5) is 25.1. The number of hydrogen-bond acceptors (Lipinski definition) is 5. The molecule has 1 aromatic heterocycles. The maximum absolute atomic E-state index is 11.0. The molecule has 0 unspecified atom stereocenters. The van der Waals surface area contributed by atoms with E-state index in [9.17, 15) is 14.9 Å². The zero-order chi connectivity index (χ0) is 14.7. The van der Waals surface area contributed by atoms with E-state index in [1.165, 1.54) is 36.5 Å². The summed E-state index contributed by atoms with van der Waals surface area (Å²) in [6.07, 6.45) is 1.51. The molecule has 20 heavy (non-hydrogen) atoms. The highest BCUT2D eigenvalue weighted by molar-refractivity contribution is 5.88. The van der Waals surface area contributed by atoms with E-state index >= 15 is 0 Å². The van der Waals surface area contributed by atoms with E-state index < -0.39 is 10.9 Å². The van der Waals surface area contributed by atoms with E-state index in [1.807, 2.05) is 0 Å². The monoisotopic (exact) mass is 273 g/mol. The van der Waals surface area contributed by atoms with Gasteiger partial charge in [-0.3, -0.25) is 10.1 Å². The van der Waals surface area contributed by atoms with Crippen LogP contribution in [0.25, 0.3) is 0 Å². The van der Waals surface area contributed by atoms with E-state index in [0.717, 1.165) is 0 Å². The summed E-state index contributed by atoms with van der Waals surface area (Å²) in [7, 11) is 0. The molecule has 1 aromatic carbocycles. The zero-order valence-corrected chi connectivity index (χ0v) is 10.5. The predicted octanol–water partition coefficient (Wildman–Crippen LogP) is 2.74. The van der Waals surface area contributed by atoms with Crippen molar-refractivity contribution in [1.82, 2.24) is 4.98 Å². The highest BCUT2D eigenvalue weighted by Gasteiger charge is 2.15. The predicted molar refractivity (Wildman–Crippen MR) is 72.3 cm³/mol. The van der Waals surface area contributed by atoms with Gasteiger partial charge >= 0.3 is 11.7 Å². The minimum Gasteiger partial charge on any atom is -0.478 e. The van der Waals surface area contributed by atoms with Gasteiger partial charge in [0, 0.05) is 18.0 Å². The Labute approximate surface area is 114 Å². The van der Waals surface area contributed by atoms with Gasteiger partial charge in [-0.2, -0.15) is 0 Å². The first-order valence-electron chi connectivity index (χ1n) is 5.69. The lowest BCUT2D eigenvalue weighted by molar-refractivity contribution is -0.384. The number of nitrogens with zero attached hydrogens (tertiary/aromatic N) is 2. The number of nitrogens with one attached hydrogen (secondary N) is 1. The third kappa shape index (κ3) is 2.89. The number of benzene rings is 1. The Bertz CT molecular complexity index is 668. The van der Waals surface area contributed by atoms with E-state index in [2.05, 4.69) is 10.3 Å². The van der Waals surface area contributed by atoms with Gasteiger partial charge in [-0.1, -0.05) is 0 Å². The first kappa shape index (κ1) is 13.5. The summed E-state index contributed by atoms with van der Waals surface area (Å²) in [5.41, 5.74) is 1.21. The molecule has 0 saturated heterocycles. The summed E-state index contributed by atoms with van der Waals surface area (Å²) in [6.45, 7) is 1.71. The van der Waals surface area contributed by atoms with E-state index in [0.29, 0.717) is 11.3 Å². The van der Waals surface area contributed by atoms with Crippen LogP contribution in [0.2, 0.25) is 0 Å². The summed E-state index contributed by atoms with van der Waals surface area (Å²) in [5.74, 6) is -0.917. The Morgan fingerprint density at radius 1 is 1.35 bits per heavy atom. The van der Waals surface area contributed by atoms with Gasteiger partial charge in [-0.25, -0.2) is 9.78 Å². The van der Waals surface area contributed by atoms with Crippen LogP contribution in [0.1, 0.15) is 15.9 Å². The Balaban J connectivity index is 2.30. The smallest absolute Gasteiger partial charge is 0.335 e. The van der Waals surface area contributed by atoms with Crippen LogP contribution in [0.15, 0.2) is 36.5 Å². The van der Waals surface area contributed by atoms with Crippen LogP contribution in [-0.2, 0) is 0 Å². The number of aryl methyl sites for hydroxylation is 1. The van der Waals surface area contributed by atoms with Gasteiger partial charge in [0.15, 0.2) is 0 Å². The van der Waals surface area contributed by atoms with E-state index in [-0.39, 0.29) is 17.1 Å². The number of anilines is 2. The fourth-order valence-electron chi connectivity index (χ4n) is 1.62. The molecule has 7 heteroatoms. The van der Waals surface area contributed by atoms with Gasteiger partial charge < -0.3 is 10.4 Å². The van der Waals surface area contributed by atoms with Crippen molar-refractivity contribution in [3.63, 3.8) is 0 Å². The quantitative estimate of drug-likeness (QED) is 0.655. The topological polar surface area (TPSA) is 105 Å². The maximum atomic E-state index is 11.0. The molecule has 0 spiro atoms. The number of carbonyl (C=O) groups is 1. The maximum Gasteiger partial charge on any atom is 0.335 e. The second-order valence-corrected chi connectivity index (χ2v) is 4.15. The molecule has 2 rings (SSSR count). The summed E-state index contributed by atoms with van der Waals surface area (Å²) in [5, 5.41) is 22.5. The fourth-order valence-corrected chi connectivity index (χ4v) is 1.62. The molecule has 0 amide bonds. The average molecular weight is 273 g/mol. The minimum absolute atomic E-state index is 0.115. The molecule has 2 aromatic rings. The number of carboxylic acid groups (broad SMARTS) is 1. The first-order valence-corrected chi connectivity index (χ1v) is 5.69. The molecule has 0 fully saturated rings. The molecule has 0 aliphatic carbocycles. The van der Waals surface area contributed by atoms with Crippen molar-refractivity contribution in [1.29, 1.82) is 0 Å². The van der Waals surface area contributed by atoms with Gasteiger partial charge in [-0.05, 0) is 36.8 Å². The molecular weight excluding hydrogens is 262 g/mol. The van der Waals surface area contributed by atoms with Crippen LogP contribution >= 0.6 is 0 Å². The van der Waals surface area contributed by atoms with Crippen LogP contribution in [0.5, 0.6) is 0 Å². The van der Waals surface area contributed by atoms with Gasteiger partial charge in [0.2, 0.25) is 5.82 Å². The lowest BCUT2D eigenvalue weighted by Crippen LogP contribution is -2.01. The zero-order valence-electron chi connectivity index (χ0n) is 10.5. The number of aromatic carboxylic acids is 1. The summed E-state index contributed by atoms with van der Waals surface area (Å²) >= 11 is 0. The van der Waals surface area contributed by atoms with Crippen LogP contribution in [-0.4, -0.2) is 21.0 Å². The van der Waals surface area contributed by atoms with Crippen molar-refractivity contribution in [3.05, 3.63) is 57.8 Å². The second kappa shape index (κ2) is 5.35. The molecule has 0 aliphatic rings. The molecular formula is C13H11N3O4. The molecule has 0 saturated carbocycles. The standard InChI is InChI=1S/C13H11N3O4/c1-8-6-11(16(19)20)12(14-7-8)15-10-4-2-9(3-5-10)13(17)18/h2-7H,1H3,(H,14,15)(H,17,18). The second-order valence-electron chi connectivity index (χ2n) is 4.15. The molecule has 0 atom stereocenters. The number of carboxylic acids is 1. The van der Waals surface area contributed by atoms with Gasteiger partial charge in [0.25, 0.3) is 0 Å². The van der Waals surface area contributed by atoms with Crippen molar-refractivity contribution in [2.45, 2.75) is 6.92 Å². The Morgan fingerprint density at radius 3 is 2.55 bits per heavy atom. The van der Waals surface area contributed by atoms with Crippen molar-refractivity contribution < 1.29 is 14.8 Å². The first-order chi connectivity index (χ1) is 9.47. The van der Waals surface area contributed by atoms with E-state index in [1.54, 1.807) is 6.92 Å². The highest BCUT2D eigenvalue weighted by atomic mass is 16.6. The molecule has 102 valence electrons. The average Bonchev–Trinajstić information content (AvgIpc) is 2.41. The fraction of sp³-hybridized carbons (Fsp3) is 0.0769. The minimum atomic E-state index is -1.03. The van der Waals surface area contributed by atoms with E-state index in [4.69, 9.17) is 5.11 Å². The highest BCUT2D eigenvalue weighted by Crippen LogP contribution is 2.26. The number of aromatic nitrogens is 1. The molecule has 0 radical (unpaired) electrons. The Kier molecular flexibility index (Phi) is 3.60. The van der Waals surface area contributed by atoms with Crippen molar-refractivity contribution in [2.24, 2.45) is 0 Å². The SMILES string of the molecule is Cc1cnc(Nc2ccc(C(=O)O)cc2)c([N+](=O)[O-])c1. The molecule has 0 bridgehead atoms. The van der Waals surface area contributed by atoms with Crippen LogP contribution in [0, 0.1) is 17.0 Å². The number of rotatable bonds is 4. The third-order valence-electron chi connectivity index (χ3n) is 2.60. The lowest BCUT2D eigenvalue weighted by atomic mass is 10.2. The Hall–Kier alpha value is -2.96. The van der Waals surface area contributed by atoms with Gasteiger partial charge in [-0.15, -0.1) is 0 Å². The molecule has 2 N–H and O–H groups in total. The Morgan fingerprint density at radius 2 is 2.00 bits per heavy atom. The van der Waals surface area contributed by atoms with Crippen LogP contribution in [0.4, 0.5) is 17.2 Å². The summed E-state index contributed by atoms with van der Waals surface area (Å²) < 4.78 is 0. The summed E-state index contributed by atoms with van der Waals surface area (Å²) in [6, 6.07) is 7.28. The molecule has 0 aliphatic heterocycles. The molecule has 1 heterocycles. The number of pyridine rings is 1. The number of hydrogen-bond donors (Lipinski definition) is 2. The third-order valence-corrected chi connectivity index (χ3v) is 2.60. The largest absolute Gasteiger partial charge is 0.478 e. The number of nitro groups is 1. The molecule has 7 nitrogen and oxygen atoms in total. The van der Waals surface area contributed by atoms with Gasteiger partial charge in [0.1, 0.15) is 0 Å². The van der Waals surface area contributed by atoms with Crippen molar-refractivity contribution in [3.8, 4) is 0 Å². The van der Waals surface area contributed by atoms with Crippen LogP contribution in [0.3, 0.4) is 0 Å². The normalized spacial score (nSPS) is 10.1. The lowest BCUT2D eigenvalue weighted by Gasteiger charge is -2.07. The van der Waals surface area contributed by atoms with Gasteiger partial charge in [0.05, 0.1) is 10.5 Å².